The van der Waals surface area contributed by atoms with Crippen molar-refractivity contribution in [2.24, 2.45) is 0 Å². The standard InChI is InChI=1S/C17H16N2O4S/c1-10-2-3-12-11(7-14(20)23-13(12)6-10)8-19-15(21)17(18-16(19)22)4-5-24-9-17/h2-3,6-7H,4-5,8-9H2,1H3,(H,18,22). The molecule has 2 fully saturated rings. The quantitative estimate of drug-likeness (QED) is 0.666. The SMILES string of the molecule is Cc1ccc2c(CN3C(=O)NC4(CCSC4)C3=O)cc(=O)oc2c1. The average molecular weight is 344 g/mol. The Bertz CT molecular complexity index is 914. The molecule has 7 heteroatoms. The molecule has 124 valence electrons. The first kappa shape index (κ1) is 15.3. The number of fused-ring (bicyclic) bond motifs is 1. The van der Waals surface area contributed by atoms with E-state index in [9.17, 15) is 14.4 Å². The fourth-order valence-electron chi connectivity index (χ4n) is 3.29. The zero-order chi connectivity index (χ0) is 16.9. The van der Waals surface area contributed by atoms with E-state index in [1.165, 1.54) is 11.0 Å². The highest BCUT2D eigenvalue weighted by Crippen LogP contribution is 2.34. The smallest absolute Gasteiger partial charge is 0.336 e. The van der Waals surface area contributed by atoms with E-state index in [-0.39, 0.29) is 12.5 Å². The van der Waals surface area contributed by atoms with Crippen molar-refractivity contribution in [2.45, 2.75) is 25.4 Å². The molecule has 2 aliphatic rings. The van der Waals surface area contributed by atoms with Gasteiger partial charge in [0.25, 0.3) is 5.91 Å². The van der Waals surface area contributed by atoms with E-state index in [4.69, 9.17) is 4.42 Å². The Balaban J connectivity index is 1.73. The number of carbonyl (C=O) groups is 2. The van der Waals surface area contributed by atoms with Gasteiger partial charge in [0.05, 0.1) is 6.54 Å². The van der Waals surface area contributed by atoms with Crippen molar-refractivity contribution in [1.29, 1.82) is 0 Å². The van der Waals surface area contributed by atoms with E-state index in [2.05, 4.69) is 5.32 Å². The number of thioether (sulfide) groups is 1. The van der Waals surface area contributed by atoms with Crippen LogP contribution in [0.2, 0.25) is 0 Å². The molecule has 4 rings (SSSR count). The van der Waals surface area contributed by atoms with E-state index in [0.29, 0.717) is 23.3 Å². The minimum absolute atomic E-state index is 0.0717. The third-order valence-electron chi connectivity index (χ3n) is 4.58. The number of carbonyl (C=O) groups excluding carboxylic acids is 2. The molecule has 1 atom stereocenters. The first-order chi connectivity index (χ1) is 11.5. The van der Waals surface area contributed by atoms with Crippen LogP contribution in [0, 0.1) is 6.92 Å². The number of hydrogen-bond donors (Lipinski definition) is 1. The van der Waals surface area contributed by atoms with E-state index in [0.717, 1.165) is 16.7 Å². The molecule has 1 spiro atoms. The molecule has 0 saturated carbocycles. The molecule has 1 aromatic heterocycles. The monoisotopic (exact) mass is 344 g/mol. The number of nitrogens with zero attached hydrogens (tertiary/aromatic N) is 1. The van der Waals surface area contributed by atoms with Gasteiger partial charge in [-0.1, -0.05) is 12.1 Å². The van der Waals surface area contributed by atoms with Gasteiger partial charge in [-0.2, -0.15) is 11.8 Å². The molecule has 3 heterocycles. The Morgan fingerprint density at radius 2 is 2.12 bits per heavy atom. The summed E-state index contributed by atoms with van der Waals surface area (Å²) in [5.74, 6) is 1.26. The normalized spacial score (nSPS) is 23.5. The molecule has 2 aromatic rings. The maximum atomic E-state index is 12.7. The predicted octanol–water partition coefficient (Wildman–Crippen LogP) is 2.03. The second-order valence-electron chi connectivity index (χ2n) is 6.30. The molecular weight excluding hydrogens is 328 g/mol. The zero-order valence-corrected chi connectivity index (χ0v) is 13.9. The number of hydrogen-bond acceptors (Lipinski definition) is 5. The van der Waals surface area contributed by atoms with Gasteiger partial charge in [-0.05, 0) is 36.3 Å². The summed E-state index contributed by atoms with van der Waals surface area (Å²) >= 11 is 1.66. The van der Waals surface area contributed by atoms with Crippen molar-refractivity contribution in [2.75, 3.05) is 11.5 Å². The molecule has 6 nitrogen and oxygen atoms in total. The maximum absolute atomic E-state index is 12.7. The van der Waals surface area contributed by atoms with Gasteiger partial charge in [-0.15, -0.1) is 0 Å². The molecule has 1 aromatic carbocycles. The summed E-state index contributed by atoms with van der Waals surface area (Å²) in [6.45, 7) is 1.98. The van der Waals surface area contributed by atoms with Crippen molar-refractivity contribution in [3.63, 3.8) is 0 Å². The second-order valence-corrected chi connectivity index (χ2v) is 7.40. The number of benzene rings is 1. The van der Waals surface area contributed by atoms with Crippen LogP contribution in [0.3, 0.4) is 0 Å². The largest absolute Gasteiger partial charge is 0.423 e. The van der Waals surface area contributed by atoms with Crippen LogP contribution in [0.4, 0.5) is 4.79 Å². The van der Waals surface area contributed by atoms with Gasteiger partial charge in [0.2, 0.25) is 0 Å². The number of urea groups is 1. The summed E-state index contributed by atoms with van der Waals surface area (Å²) < 4.78 is 5.23. The highest BCUT2D eigenvalue weighted by Gasteiger charge is 2.52. The topological polar surface area (TPSA) is 79.6 Å². The molecule has 3 amide bonds. The zero-order valence-electron chi connectivity index (χ0n) is 13.1. The van der Waals surface area contributed by atoms with Crippen molar-refractivity contribution in [3.05, 3.63) is 45.8 Å². The number of imide groups is 1. The van der Waals surface area contributed by atoms with Crippen LogP contribution in [0.1, 0.15) is 17.5 Å². The molecule has 24 heavy (non-hydrogen) atoms. The summed E-state index contributed by atoms with van der Waals surface area (Å²) in [6.07, 6.45) is 0.648. The maximum Gasteiger partial charge on any atom is 0.336 e. The van der Waals surface area contributed by atoms with Crippen LogP contribution in [0.25, 0.3) is 11.0 Å². The lowest BCUT2D eigenvalue weighted by molar-refractivity contribution is -0.130. The summed E-state index contributed by atoms with van der Waals surface area (Å²) in [7, 11) is 0. The fraction of sp³-hybridized carbons (Fsp3) is 0.353. The van der Waals surface area contributed by atoms with Gasteiger partial charge >= 0.3 is 11.7 Å². The van der Waals surface area contributed by atoms with Crippen LogP contribution >= 0.6 is 11.8 Å². The first-order valence-electron chi connectivity index (χ1n) is 7.74. The molecule has 2 aliphatic heterocycles. The Morgan fingerprint density at radius 1 is 1.29 bits per heavy atom. The molecule has 2 saturated heterocycles. The lowest BCUT2D eigenvalue weighted by atomic mass is 9.99. The summed E-state index contributed by atoms with van der Waals surface area (Å²) in [5, 5.41) is 3.57. The van der Waals surface area contributed by atoms with Crippen LogP contribution in [-0.2, 0) is 11.3 Å². The second kappa shape index (κ2) is 5.37. The van der Waals surface area contributed by atoms with E-state index in [1.54, 1.807) is 17.8 Å². The Labute approximate surface area is 142 Å². The molecular formula is C17H16N2O4S. The summed E-state index contributed by atoms with van der Waals surface area (Å²) in [6, 6.07) is 6.50. The summed E-state index contributed by atoms with van der Waals surface area (Å²) in [5.41, 5.74) is 0.803. The van der Waals surface area contributed by atoms with Crippen LogP contribution in [0.5, 0.6) is 0 Å². The van der Waals surface area contributed by atoms with E-state index in [1.807, 2.05) is 19.1 Å². The first-order valence-corrected chi connectivity index (χ1v) is 8.89. The minimum atomic E-state index is -0.770. The van der Waals surface area contributed by atoms with Crippen LogP contribution in [0.15, 0.2) is 33.5 Å². The Morgan fingerprint density at radius 3 is 2.88 bits per heavy atom. The van der Waals surface area contributed by atoms with Gasteiger partial charge < -0.3 is 9.73 Å². The Kier molecular flexibility index (Phi) is 3.42. The van der Waals surface area contributed by atoms with Crippen molar-refractivity contribution >= 4 is 34.7 Å². The van der Waals surface area contributed by atoms with Gasteiger partial charge in [-0.3, -0.25) is 9.69 Å². The minimum Gasteiger partial charge on any atom is -0.423 e. The molecule has 1 unspecified atom stereocenters. The Hall–Kier alpha value is -2.28. The van der Waals surface area contributed by atoms with Crippen molar-refractivity contribution in [3.8, 4) is 0 Å². The van der Waals surface area contributed by atoms with Crippen molar-refractivity contribution in [1.82, 2.24) is 10.2 Å². The molecule has 1 N–H and O–H groups in total. The molecule has 0 radical (unpaired) electrons. The van der Waals surface area contributed by atoms with Gasteiger partial charge in [0.1, 0.15) is 11.1 Å². The third-order valence-corrected chi connectivity index (χ3v) is 5.77. The lowest BCUT2D eigenvalue weighted by Crippen LogP contribution is -2.46. The van der Waals surface area contributed by atoms with Crippen LogP contribution < -0.4 is 10.9 Å². The van der Waals surface area contributed by atoms with Crippen LogP contribution in [-0.4, -0.2) is 33.9 Å². The van der Waals surface area contributed by atoms with E-state index >= 15 is 0 Å². The lowest BCUT2D eigenvalue weighted by Gasteiger charge is -2.19. The van der Waals surface area contributed by atoms with Gasteiger partial charge in [-0.25, -0.2) is 9.59 Å². The van der Waals surface area contributed by atoms with Gasteiger partial charge in [0.15, 0.2) is 0 Å². The molecule has 0 bridgehead atoms. The van der Waals surface area contributed by atoms with Crippen molar-refractivity contribution < 1.29 is 14.0 Å². The predicted molar refractivity (Wildman–Crippen MR) is 91.0 cm³/mol. The van der Waals surface area contributed by atoms with E-state index < -0.39 is 17.2 Å². The summed E-state index contributed by atoms with van der Waals surface area (Å²) in [4.78, 5) is 38.1. The number of nitrogens with one attached hydrogen (secondary N) is 1. The number of amides is 3. The number of aryl methyl sites for hydroxylation is 1. The molecule has 0 aliphatic carbocycles. The fourth-order valence-corrected chi connectivity index (χ4v) is 4.62. The number of rotatable bonds is 2. The average Bonchev–Trinajstić information content (AvgIpc) is 3.08. The van der Waals surface area contributed by atoms with Gasteiger partial charge in [0, 0.05) is 17.2 Å². The highest BCUT2D eigenvalue weighted by molar-refractivity contribution is 7.99. The third kappa shape index (κ3) is 2.31. The highest BCUT2D eigenvalue weighted by atomic mass is 32.2.